The van der Waals surface area contributed by atoms with Gasteiger partial charge in [0.05, 0.1) is 0 Å². The molecular weight excluding hydrogens is 370 g/mol. The fourth-order valence-corrected chi connectivity index (χ4v) is 4.44. The fraction of sp³-hybridized carbons (Fsp3) is 0.650. The first-order valence-electron chi connectivity index (χ1n) is 10.3. The summed E-state index contributed by atoms with van der Waals surface area (Å²) in [6.45, 7) is 12.2. The van der Waals surface area contributed by atoms with Crippen LogP contribution in [0.25, 0.3) is 0 Å². The van der Waals surface area contributed by atoms with Crippen LogP contribution in [0.4, 0.5) is 0 Å². The third-order valence-corrected chi connectivity index (χ3v) is 6.52. The Kier molecular flexibility index (Phi) is 7.44. The molecule has 0 aliphatic carbocycles. The van der Waals surface area contributed by atoms with Gasteiger partial charge in [0.2, 0.25) is 0 Å². The van der Waals surface area contributed by atoms with Crippen LogP contribution in [0.2, 0.25) is 0 Å². The number of hydrogen-bond donors (Lipinski definition) is 1. The minimum Gasteiger partial charge on any atom is -0.356 e. The molecule has 2 aromatic heterocycles. The van der Waals surface area contributed by atoms with E-state index in [0.29, 0.717) is 12.6 Å². The van der Waals surface area contributed by atoms with E-state index in [-0.39, 0.29) is 0 Å². The van der Waals surface area contributed by atoms with Gasteiger partial charge in [0.1, 0.15) is 12.4 Å². The SMILES string of the molecule is CCN(CC)C1CCN(C(=NCc2nnc(C)n2C)NCCc2cccs2)C1. The van der Waals surface area contributed by atoms with Crippen molar-refractivity contribution in [2.75, 3.05) is 32.7 Å². The van der Waals surface area contributed by atoms with Crippen molar-refractivity contribution in [2.24, 2.45) is 12.0 Å². The molecule has 0 amide bonds. The van der Waals surface area contributed by atoms with Crippen LogP contribution in [0, 0.1) is 6.92 Å². The van der Waals surface area contributed by atoms with Crippen LogP contribution in [-0.2, 0) is 20.0 Å². The van der Waals surface area contributed by atoms with Crippen LogP contribution < -0.4 is 5.32 Å². The molecular formula is C20H33N7S. The molecule has 1 fully saturated rings. The van der Waals surface area contributed by atoms with Gasteiger partial charge >= 0.3 is 0 Å². The molecule has 8 heteroatoms. The Morgan fingerprint density at radius 1 is 1.36 bits per heavy atom. The van der Waals surface area contributed by atoms with E-state index in [1.807, 2.05) is 29.9 Å². The van der Waals surface area contributed by atoms with Crippen molar-refractivity contribution in [1.29, 1.82) is 0 Å². The number of thiophene rings is 1. The van der Waals surface area contributed by atoms with Gasteiger partial charge in [-0.1, -0.05) is 19.9 Å². The van der Waals surface area contributed by atoms with Gasteiger partial charge in [0, 0.05) is 37.6 Å². The zero-order valence-electron chi connectivity index (χ0n) is 17.6. The van der Waals surface area contributed by atoms with Gasteiger partial charge in [-0.15, -0.1) is 21.5 Å². The number of nitrogens with zero attached hydrogens (tertiary/aromatic N) is 6. The maximum Gasteiger partial charge on any atom is 0.194 e. The first-order chi connectivity index (χ1) is 13.6. The quantitative estimate of drug-likeness (QED) is 0.541. The average molecular weight is 404 g/mol. The van der Waals surface area contributed by atoms with Crippen LogP contribution in [0.15, 0.2) is 22.5 Å². The summed E-state index contributed by atoms with van der Waals surface area (Å²) >= 11 is 1.81. The van der Waals surface area contributed by atoms with E-state index in [1.165, 1.54) is 11.3 Å². The van der Waals surface area contributed by atoms with Crippen LogP contribution in [0.1, 0.15) is 36.8 Å². The lowest BCUT2D eigenvalue weighted by atomic mass is 10.2. The Bertz CT molecular complexity index is 749. The minimum atomic E-state index is 0.547. The van der Waals surface area contributed by atoms with Crippen LogP contribution in [0.3, 0.4) is 0 Å². The van der Waals surface area contributed by atoms with Crippen molar-refractivity contribution in [2.45, 2.75) is 46.2 Å². The smallest absolute Gasteiger partial charge is 0.194 e. The number of aryl methyl sites for hydroxylation is 1. The zero-order chi connectivity index (χ0) is 19.9. The predicted molar refractivity (Wildman–Crippen MR) is 116 cm³/mol. The largest absolute Gasteiger partial charge is 0.356 e. The van der Waals surface area contributed by atoms with Crippen molar-refractivity contribution >= 4 is 17.3 Å². The normalized spacial score (nSPS) is 17.7. The number of aromatic nitrogens is 3. The summed E-state index contributed by atoms with van der Waals surface area (Å²) < 4.78 is 2.01. The summed E-state index contributed by atoms with van der Waals surface area (Å²) in [5, 5.41) is 14.1. The first kappa shape index (κ1) is 20.8. The van der Waals surface area contributed by atoms with E-state index in [9.17, 15) is 0 Å². The topological polar surface area (TPSA) is 61.6 Å². The number of nitrogens with one attached hydrogen (secondary N) is 1. The molecule has 1 aliphatic rings. The Balaban J connectivity index is 1.66. The van der Waals surface area contributed by atoms with Gasteiger partial charge in [0.15, 0.2) is 11.8 Å². The molecule has 1 N–H and O–H groups in total. The standard InChI is InChI=1S/C20H33N7S/c1-5-26(6-2)17-10-12-27(15-17)20(21-11-9-18-8-7-13-28-18)22-14-19-24-23-16(3)25(19)4/h7-8,13,17H,5-6,9-12,14-15H2,1-4H3,(H,21,22). The zero-order valence-corrected chi connectivity index (χ0v) is 18.4. The number of hydrogen-bond acceptors (Lipinski definition) is 5. The van der Waals surface area contributed by atoms with Gasteiger partial charge < -0.3 is 14.8 Å². The molecule has 0 radical (unpaired) electrons. The molecule has 1 aliphatic heterocycles. The van der Waals surface area contributed by atoms with Crippen LogP contribution in [-0.4, -0.2) is 69.3 Å². The molecule has 7 nitrogen and oxygen atoms in total. The monoisotopic (exact) mass is 403 g/mol. The molecule has 2 aromatic rings. The second-order valence-corrected chi connectivity index (χ2v) is 8.26. The maximum absolute atomic E-state index is 4.91. The van der Waals surface area contributed by atoms with Gasteiger partial charge in [-0.3, -0.25) is 4.90 Å². The van der Waals surface area contributed by atoms with Gasteiger partial charge in [-0.2, -0.15) is 0 Å². The molecule has 28 heavy (non-hydrogen) atoms. The highest BCUT2D eigenvalue weighted by molar-refractivity contribution is 7.09. The van der Waals surface area contributed by atoms with E-state index >= 15 is 0 Å². The van der Waals surface area contributed by atoms with E-state index in [2.05, 4.69) is 56.7 Å². The predicted octanol–water partition coefficient (Wildman–Crippen LogP) is 2.29. The van der Waals surface area contributed by atoms with Gasteiger partial charge in [-0.25, -0.2) is 4.99 Å². The molecule has 1 atom stereocenters. The lowest BCUT2D eigenvalue weighted by molar-refractivity contribution is 0.223. The summed E-state index contributed by atoms with van der Waals surface area (Å²) in [7, 11) is 2.00. The van der Waals surface area contributed by atoms with E-state index < -0.39 is 0 Å². The Hall–Kier alpha value is -1.93. The lowest BCUT2D eigenvalue weighted by Crippen LogP contribution is -2.43. The third kappa shape index (κ3) is 5.11. The fourth-order valence-electron chi connectivity index (χ4n) is 3.73. The highest BCUT2D eigenvalue weighted by Gasteiger charge is 2.28. The minimum absolute atomic E-state index is 0.547. The van der Waals surface area contributed by atoms with Gasteiger partial charge in [0.25, 0.3) is 0 Å². The molecule has 1 saturated heterocycles. The maximum atomic E-state index is 4.91. The average Bonchev–Trinajstić information content (AvgIpc) is 3.44. The molecule has 0 bridgehead atoms. The van der Waals surface area contributed by atoms with Crippen molar-refractivity contribution in [3.63, 3.8) is 0 Å². The van der Waals surface area contributed by atoms with Crippen molar-refractivity contribution in [3.05, 3.63) is 34.0 Å². The van der Waals surface area contributed by atoms with E-state index in [4.69, 9.17) is 4.99 Å². The Morgan fingerprint density at radius 2 is 2.18 bits per heavy atom. The number of likely N-dealkylation sites (tertiary alicyclic amines) is 1. The molecule has 0 saturated carbocycles. The Morgan fingerprint density at radius 3 is 2.82 bits per heavy atom. The van der Waals surface area contributed by atoms with Crippen molar-refractivity contribution < 1.29 is 0 Å². The summed E-state index contributed by atoms with van der Waals surface area (Å²) in [6, 6.07) is 4.91. The van der Waals surface area contributed by atoms with Crippen molar-refractivity contribution in [1.82, 2.24) is 29.9 Å². The summed E-state index contributed by atoms with van der Waals surface area (Å²) in [5.74, 6) is 2.81. The van der Waals surface area contributed by atoms with Crippen molar-refractivity contribution in [3.8, 4) is 0 Å². The number of aliphatic imine (C=N–C) groups is 1. The number of guanidine groups is 1. The molecule has 0 aromatic carbocycles. The summed E-state index contributed by atoms with van der Waals surface area (Å²) in [6.07, 6.45) is 2.21. The van der Waals surface area contributed by atoms with Crippen LogP contribution in [0.5, 0.6) is 0 Å². The van der Waals surface area contributed by atoms with Crippen LogP contribution >= 0.6 is 11.3 Å². The highest BCUT2D eigenvalue weighted by atomic mass is 32.1. The molecule has 1 unspecified atom stereocenters. The summed E-state index contributed by atoms with van der Waals surface area (Å²) in [5.41, 5.74) is 0. The highest BCUT2D eigenvalue weighted by Crippen LogP contribution is 2.16. The van der Waals surface area contributed by atoms with Gasteiger partial charge in [-0.05, 0) is 44.3 Å². The third-order valence-electron chi connectivity index (χ3n) is 5.58. The molecule has 3 rings (SSSR count). The van der Waals surface area contributed by atoms with E-state index in [1.54, 1.807) is 0 Å². The second kappa shape index (κ2) is 10.0. The molecule has 154 valence electrons. The molecule has 0 spiro atoms. The summed E-state index contributed by atoms with van der Waals surface area (Å²) in [4.78, 5) is 11.3. The van der Waals surface area contributed by atoms with E-state index in [0.717, 1.165) is 56.8 Å². The number of likely N-dealkylation sites (N-methyl/N-ethyl adjacent to an activating group) is 1. The lowest BCUT2D eigenvalue weighted by Gasteiger charge is -2.27. The Labute approximate surface area is 172 Å². The number of rotatable bonds is 8. The first-order valence-corrected chi connectivity index (χ1v) is 11.1. The second-order valence-electron chi connectivity index (χ2n) is 7.23. The molecule has 3 heterocycles.